The Bertz CT molecular complexity index is 453. The molecule has 1 N–H and O–H groups in total. The minimum Gasteiger partial charge on any atom is -0.373 e. The number of aromatic nitrogens is 1. The molecule has 0 aliphatic rings. The average molecular weight is 247 g/mol. The van der Waals surface area contributed by atoms with Gasteiger partial charge in [0, 0.05) is 25.0 Å². The van der Waals surface area contributed by atoms with Gasteiger partial charge in [-0.1, -0.05) is 12.1 Å². The molecule has 2 aromatic heterocycles. The van der Waals surface area contributed by atoms with Gasteiger partial charge in [-0.25, -0.2) is 4.98 Å². The Hall–Kier alpha value is -1.39. The summed E-state index contributed by atoms with van der Waals surface area (Å²) < 4.78 is 0. The van der Waals surface area contributed by atoms with Gasteiger partial charge in [-0.05, 0) is 30.6 Å². The zero-order valence-corrected chi connectivity index (χ0v) is 11.0. The van der Waals surface area contributed by atoms with Crippen molar-refractivity contribution in [3.63, 3.8) is 0 Å². The lowest BCUT2D eigenvalue weighted by molar-refractivity contribution is 0.318. The van der Waals surface area contributed by atoms with Gasteiger partial charge in [-0.3, -0.25) is 4.90 Å². The SMILES string of the molecule is CNc1cccc(CN(C)Cc2cccs2)n1. The summed E-state index contributed by atoms with van der Waals surface area (Å²) in [6.07, 6.45) is 0. The van der Waals surface area contributed by atoms with Crippen molar-refractivity contribution in [2.75, 3.05) is 19.4 Å². The average Bonchev–Trinajstić information content (AvgIpc) is 2.82. The first-order valence-corrected chi connectivity index (χ1v) is 6.50. The Kier molecular flexibility index (Phi) is 4.12. The highest BCUT2D eigenvalue weighted by atomic mass is 32.1. The summed E-state index contributed by atoms with van der Waals surface area (Å²) in [4.78, 5) is 8.17. The first-order valence-electron chi connectivity index (χ1n) is 5.62. The molecule has 0 spiro atoms. The zero-order valence-electron chi connectivity index (χ0n) is 10.2. The largest absolute Gasteiger partial charge is 0.373 e. The fourth-order valence-electron chi connectivity index (χ4n) is 1.71. The van der Waals surface area contributed by atoms with Gasteiger partial charge in [-0.2, -0.15) is 0 Å². The molecule has 0 saturated carbocycles. The van der Waals surface area contributed by atoms with Crippen molar-refractivity contribution in [2.24, 2.45) is 0 Å². The number of hydrogen-bond acceptors (Lipinski definition) is 4. The van der Waals surface area contributed by atoms with Crippen LogP contribution in [-0.2, 0) is 13.1 Å². The fourth-order valence-corrected chi connectivity index (χ4v) is 2.49. The number of thiophene rings is 1. The smallest absolute Gasteiger partial charge is 0.126 e. The standard InChI is InChI=1S/C13H17N3S/c1-14-13-7-3-5-11(15-13)9-16(2)10-12-6-4-8-17-12/h3-8H,9-10H2,1-2H3,(H,14,15). The van der Waals surface area contributed by atoms with E-state index in [1.807, 2.05) is 19.2 Å². The third-order valence-corrected chi connectivity index (χ3v) is 3.36. The van der Waals surface area contributed by atoms with Crippen LogP contribution in [0, 0.1) is 0 Å². The molecule has 4 heteroatoms. The first-order chi connectivity index (χ1) is 8.28. The van der Waals surface area contributed by atoms with Crippen molar-refractivity contribution in [2.45, 2.75) is 13.1 Å². The Morgan fingerprint density at radius 3 is 2.82 bits per heavy atom. The van der Waals surface area contributed by atoms with Crippen LogP contribution in [0.4, 0.5) is 5.82 Å². The van der Waals surface area contributed by atoms with Gasteiger partial charge in [0.1, 0.15) is 5.82 Å². The number of nitrogens with one attached hydrogen (secondary N) is 1. The lowest BCUT2D eigenvalue weighted by Gasteiger charge is -2.15. The third kappa shape index (κ3) is 3.54. The molecular weight excluding hydrogens is 230 g/mol. The molecule has 0 aliphatic heterocycles. The van der Waals surface area contributed by atoms with E-state index < -0.39 is 0 Å². The molecule has 0 fully saturated rings. The summed E-state index contributed by atoms with van der Waals surface area (Å²) in [6, 6.07) is 10.3. The monoisotopic (exact) mass is 247 g/mol. The van der Waals surface area contributed by atoms with Crippen molar-refractivity contribution in [3.05, 3.63) is 46.3 Å². The van der Waals surface area contributed by atoms with Crippen LogP contribution in [0.2, 0.25) is 0 Å². The summed E-state index contributed by atoms with van der Waals surface area (Å²) in [6.45, 7) is 1.84. The van der Waals surface area contributed by atoms with E-state index in [9.17, 15) is 0 Å². The van der Waals surface area contributed by atoms with Crippen LogP contribution in [0.5, 0.6) is 0 Å². The molecular formula is C13H17N3S. The number of hydrogen-bond donors (Lipinski definition) is 1. The Morgan fingerprint density at radius 1 is 1.24 bits per heavy atom. The molecule has 0 aliphatic carbocycles. The minimum atomic E-state index is 0.868. The van der Waals surface area contributed by atoms with Crippen molar-refractivity contribution < 1.29 is 0 Å². The van der Waals surface area contributed by atoms with Gasteiger partial charge in [0.2, 0.25) is 0 Å². The molecule has 2 rings (SSSR count). The number of rotatable bonds is 5. The second-order valence-corrected chi connectivity index (χ2v) is 5.05. The minimum absolute atomic E-state index is 0.868. The van der Waals surface area contributed by atoms with E-state index in [1.54, 1.807) is 11.3 Å². The number of anilines is 1. The fraction of sp³-hybridized carbons (Fsp3) is 0.308. The van der Waals surface area contributed by atoms with Gasteiger partial charge in [0.15, 0.2) is 0 Å². The molecule has 17 heavy (non-hydrogen) atoms. The summed E-state index contributed by atoms with van der Waals surface area (Å²) in [5, 5.41) is 5.17. The van der Waals surface area contributed by atoms with Crippen LogP contribution < -0.4 is 5.32 Å². The van der Waals surface area contributed by atoms with E-state index in [4.69, 9.17) is 0 Å². The molecule has 0 radical (unpaired) electrons. The Balaban J connectivity index is 1.95. The Morgan fingerprint density at radius 2 is 2.12 bits per heavy atom. The summed E-state index contributed by atoms with van der Waals surface area (Å²) in [5.74, 6) is 0.923. The molecule has 0 aromatic carbocycles. The van der Waals surface area contributed by atoms with Crippen LogP contribution >= 0.6 is 11.3 Å². The van der Waals surface area contributed by atoms with E-state index in [0.29, 0.717) is 0 Å². The second kappa shape index (κ2) is 5.80. The van der Waals surface area contributed by atoms with Gasteiger partial charge in [0.05, 0.1) is 5.69 Å². The van der Waals surface area contributed by atoms with Crippen LogP contribution in [0.25, 0.3) is 0 Å². The second-order valence-electron chi connectivity index (χ2n) is 4.02. The first kappa shape index (κ1) is 12.1. The summed E-state index contributed by atoms with van der Waals surface area (Å²) in [5.41, 5.74) is 1.09. The van der Waals surface area contributed by atoms with Gasteiger partial charge >= 0.3 is 0 Å². The lowest BCUT2D eigenvalue weighted by Crippen LogP contribution is -2.17. The van der Waals surface area contributed by atoms with Crippen LogP contribution in [0.1, 0.15) is 10.6 Å². The van der Waals surface area contributed by atoms with Crippen molar-refractivity contribution in [1.82, 2.24) is 9.88 Å². The predicted molar refractivity (Wildman–Crippen MR) is 73.3 cm³/mol. The van der Waals surface area contributed by atoms with Gasteiger partial charge in [0.25, 0.3) is 0 Å². The van der Waals surface area contributed by atoms with Crippen molar-refractivity contribution in [3.8, 4) is 0 Å². The molecule has 2 heterocycles. The zero-order chi connectivity index (χ0) is 12.1. The highest BCUT2D eigenvalue weighted by Crippen LogP contribution is 2.13. The van der Waals surface area contributed by atoms with Crippen LogP contribution in [0.3, 0.4) is 0 Å². The quantitative estimate of drug-likeness (QED) is 0.880. The van der Waals surface area contributed by atoms with E-state index in [1.165, 1.54) is 4.88 Å². The van der Waals surface area contributed by atoms with E-state index in [2.05, 4.69) is 45.8 Å². The van der Waals surface area contributed by atoms with E-state index in [0.717, 1.165) is 24.6 Å². The molecule has 3 nitrogen and oxygen atoms in total. The summed E-state index contributed by atoms with van der Waals surface area (Å²) in [7, 11) is 4.01. The molecule has 0 atom stereocenters. The summed E-state index contributed by atoms with van der Waals surface area (Å²) >= 11 is 1.80. The highest BCUT2D eigenvalue weighted by molar-refractivity contribution is 7.09. The van der Waals surface area contributed by atoms with E-state index >= 15 is 0 Å². The van der Waals surface area contributed by atoms with Crippen LogP contribution in [-0.4, -0.2) is 24.0 Å². The molecule has 90 valence electrons. The molecule has 0 amide bonds. The van der Waals surface area contributed by atoms with E-state index in [-0.39, 0.29) is 0 Å². The lowest BCUT2D eigenvalue weighted by atomic mass is 10.3. The molecule has 2 aromatic rings. The van der Waals surface area contributed by atoms with Gasteiger partial charge < -0.3 is 5.32 Å². The maximum atomic E-state index is 4.51. The maximum absolute atomic E-state index is 4.51. The van der Waals surface area contributed by atoms with Crippen molar-refractivity contribution >= 4 is 17.2 Å². The molecule has 0 unspecified atom stereocenters. The third-order valence-electron chi connectivity index (χ3n) is 2.50. The number of nitrogens with zero attached hydrogens (tertiary/aromatic N) is 2. The molecule has 0 saturated heterocycles. The predicted octanol–water partition coefficient (Wildman–Crippen LogP) is 2.82. The highest BCUT2D eigenvalue weighted by Gasteiger charge is 2.04. The topological polar surface area (TPSA) is 28.2 Å². The Labute approximate surface area is 106 Å². The van der Waals surface area contributed by atoms with Crippen molar-refractivity contribution in [1.29, 1.82) is 0 Å². The van der Waals surface area contributed by atoms with Crippen LogP contribution in [0.15, 0.2) is 35.7 Å². The number of pyridine rings is 1. The maximum Gasteiger partial charge on any atom is 0.126 e. The molecule has 0 bridgehead atoms. The van der Waals surface area contributed by atoms with Gasteiger partial charge in [-0.15, -0.1) is 11.3 Å². The normalized spacial score (nSPS) is 10.8.